The van der Waals surface area contributed by atoms with Gasteiger partial charge in [-0.25, -0.2) is 4.79 Å². The largest absolute Gasteiger partial charge is 0.497 e. The summed E-state index contributed by atoms with van der Waals surface area (Å²) in [5, 5.41) is 2.39. The summed E-state index contributed by atoms with van der Waals surface area (Å²) >= 11 is 0. The average Bonchev–Trinajstić information content (AvgIpc) is 2.59. The number of ether oxygens (including phenoxy) is 2. The van der Waals surface area contributed by atoms with Crippen LogP contribution in [0, 0.1) is 0 Å². The predicted octanol–water partition coefficient (Wildman–Crippen LogP) is 3.26. The highest BCUT2D eigenvalue weighted by molar-refractivity contribution is 6.17. The number of hydrogen-bond acceptors (Lipinski definition) is 5. The van der Waals surface area contributed by atoms with Gasteiger partial charge in [0.25, 0.3) is 0 Å². The number of Topliss-reactive ketones (excluding diaryl/α,β-unsaturated/α-hetero) is 1. The number of ketones is 1. The molecule has 1 unspecified atom stereocenters. The molecular formula is C19H27NO5. The quantitative estimate of drug-likeness (QED) is 0.227. The Labute approximate surface area is 149 Å². The monoisotopic (exact) mass is 349 g/mol. The number of alkyl carbamates (subject to hydrolysis) is 1. The van der Waals surface area contributed by atoms with E-state index in [2.05, 4.69) is 11.9 Å². The molecule has 0 saturated carbocycles. The molecule has 0 aromatic carbocycles. The number of rotatable bonds is 9. The molecule has 0 heterocycles. The molecule has 1 atom stereocenters. The van der Waals surface area contributed by atoms with Crippen molar-refractivity contribution in [3.8, 4) is 0 Å². The van der Waals surface area contributed by atoms with Gasteiger partial charge in [-0.05, 0) is 51.8 Å². The van der Waals surface area contributed by atoms with Gasteiger partial charge >= 0.3 is 6.09 Å². The second kappa shape index (κ2) is 10.3. The highest BCUT2D eigenvalue weighted by Gasteiger charge is 2.44. The van der Waals surface area contributed by atoms with Crippen LogP contribution in [-0.4, -0.2) is 37.4 Å². The van der Waals surface area contributed by atoms with Crippen molar-refractivity contribution >= 4 is 18.2 Å². The Hall–Kier alpha value is -2.63. The molecule has 1 amide bonds. The van der Waals surface area contributed by atoms with Crippen molar-refractivity contribution in [2.75, 3.05) is 13.7 Å². The molecule has 0 rings (SSSR count). The van der Waals surface area contributed by atoms with E-state index in [0.29, 0.717) is 17.4 Å². The molecule has 6 nitrogen and oxygen atoms in total. The molecule has 0 aliphatic rings. The number of carbonyl (C=O) groups excluding carboxylic acids is 3. The lowest BCUT2D eigenvalue weighted by Crippen LogP contribution is -2.57. The van der Waals surface area contributed by atoms with E-state index in [4.69, 9.17) is 9.47 Å². The lowest BCUT2D eigenvalue weighted by Gasteiger charge is -2.30. The van der Waals surface area contributed by atoms with Gasteiger partial charge in [-0.15, -0.1) is 0 Å². The van der Waals surface area contributed by atoms with Gasteiger partial charge in [0.15, 0.2) is 17.6 Å². The number of allylic oxidation sites excluding steroid dienone is 4. The number of methoxy groups -OCH3 is 1. The highest BCUT2D eigenvalue weighted by atomic mass is 16.5. The van der Waals surface area contributed by atoms with E-state index in [0.717, 1.165) is 0 Å². The molecule has 0 bridgehead atoms. The minimum atomic E-state index is -1.95. The van der Waals surface area contributed by atoms with Gasteiger partial charge in [0.1, 0.15) is 5.76 Å². The fourth-order valence-corrected chi connectivity index (χ4v) is 2.25. The molecule has 1 N–H and O–H groups in total. The van der Waals surface area contributed by atoms with Crippen LogP contribution in [0.5, 0.6) is 0 Å². The Balaban J connectivity index is 6.50. The summed E-state index contributed by atoms with van der Waals surface area (Å²) in [6.45, 7) is 12.0. The maximum Gasteiger partial charge on any atom is 0.408 e. The normalized spacial score (nSPS) is 15.4. The van der Waals surface area contributed by atoms with Crippen molar-refractivity contribution in [1.29, 1.82) is 0 Å². The molecular weight excluding hydrogens is 322 g/mol. The van der Waals surface area contributed by atoms with Crippen LogP contribution in [0.25, 0.3) is 0 Å². The first-order valence-corrected chi connectivity index (χ1v) is 7.89. The third-order valence-electron chi connectivity index (χ3n) is 3.82. The molecule has 25 heavy (non-hydrogen) atoms. The molecule has 6 heteroatoms. The molecule has 138 valence electrons. The van der Waals surface area contributed by atoms with Gasteiger partial charge < -0.3 is 9.47 Å². The number of carbonyl (C=O) groups is 3. The van der Waals surface area contributed by atoms with E-state index >= 15 is 0 Å². The van der Waals surface area contributed by atoms with E-state index < -0.39 is 17.4 Å². The van der Waals surface area contributed by atoms with Crippen LogP contribution in [0.4, 0.5) is 4.79 Å². The molecule has 0 aromatic rings. The lowest BCUT2D eigenvalue weighted by atomic mass is 9.82. The predicted molar refractivity (Wildman–Crippen MR) is 97.1 cm³/mol. The number of aldehydes is 1. The van der Waals surface area contributed by atoms with E-state index in [-0.39, 0.29) is 17.9 Å². The fraction of sp³-hybridized carbons (Fsp3) is 0.421. The highest BCUT2D eigenvalue weighted by Crippen LogP contribution is 2.25. The van der Waals surface area contributed by atoms with Crippen molar-refractivity contribution in [2.45, 2.75) is 40.2 Å². The summed E-state index contributed by atoms with van der Waals surface area (Å²) in [7, 11) is 1.39. The molecule has 0 aromatic heterocycles. The summed E-state index contributed by atoms with van der Waals surface area (Å²) in [5.74, 6) is -0.353. The maximum atomic E-state index is 13.1. The Morgan fingerprint density at radius 3 is 2.24 bits per heavy atom. The van der Waals surface area contributed by atoms with E-state index in [1.165, 1.54) is 20.1 Å². The Morgan fingerprint density at radius 1 is 1.24 bits per heavy atom. The summed E-state index contributed by atoms with van der Waals surface area (Å²) < 4.78 is 10.0. The summed E-state index contributed by atoms with van der Waals surface area (Å²) in [6.07, 6.45) is 4.40. The van der Waals surface area contributed by atoms with E-state index in [1.54, 1.807) is 32.9 Å². The SMILES string of the molecule is C=C/C(OC)=C(\C)C(C=O)(NC(=O)OCC)C(=O)/C(C)=C(C)/C=C\C. The Morgan fingerprint density at radius 2 is 1.84 bits per heavy atom. The van der Waals surface area contributed by atoms with Crippen LogP contribution in [0.1, 0.15) is 34.6 Å². The lowest BCUT2D eigenvalue weighted by molar-refractivity contribution is -0.126. The van der Waals surface area contributed by atoms with E-state index in [1.807, 2.05) is 6.92 Å². The first-order valence-electron chi connectivity index (χ1n) is 7.89. The summed E-state index contributed by atoms with van der Waals surface area (Å²) in [4.78, 5) is 37.1. The molecule has 0 aliphatic carbocycles. The maximum absolute atomic E-state index is 13.1. The van der Waals surface area contributed by atoms with Crippen LogP contribution in [0.15, 0.2) is 47.3 Å². The molecule has 0 aliphatic heterocycles. The van der Waals surface area contributed by atoms with Crippen LogP contribution in [0.3, 0.4) is 0 Å². The third kappa shape index (κ3) is 5.17. The first kappa shape index (κ1) is 22.4. The smallest absolute Gasteiger partial charge is 0.408 e. The molecule has 0 spiro atoms. The zero-order valence-electron chi connectivity index (χ0n) is 15.8. The van der Waals surface area contributed by atoms with Crippen LogP contribution in [-0.2, 0) is 19.1 Å². The van der Waals surface area contributed by atoms with Crippen molar-refractivity contribution in [1.82, 2.24) is 5.32 Å². The van der Waals surface area contributed by atoms with Crippen molar-refractivity contribution < 1.29 is 23.9 Å². The first-order chi connectivity index (χ1) is 11.7. The second-order valence-electron chi connectivity index (χ2n) is 5.31. The van der Waals surface area contributed by atoms with Gasteiger partial charge in [-0.3, -0.25) is 14.9 Å². The van der Waals surface area contributed by atoms with E-state index in [9.17, 15) is 14.4 Å². The van der Waals surface area contributed by atoms with Gasteiger partial charge in [0, 0.05) is 5.57 Å². The van der Waals surface area contributed by atoms with Crippen LogP contribution in [0.2, 0.25) is 0 Å². The van der Waals surface area contributed by atoms with Crippen molar-refractivity contribution in [3.63, 3.8) is 0 Å². The second-order valence-corrected chi connectivity index (χ2v) is 5.31. The minimum Gasteiger partial charge on any atom is -0.497 e. The summed E-state index contributed by atoms with van der Waals surface area (Å²) in [5.41, 5.74) is -0.722. The van der Waals surface area contributed by atoms with Gasteiger partial charge in [-0.2, -0.15) is 0 Å². The van der Waals surface area contributed by atoms with Crippen LogP contribution >= 0.6 is 0 Å². The number of hydrogen-bond donors (Lipinski definition) is 1. The molecule has 0 radical (unpaired) electrons. The number of nitrogens with one attached hydrogen (secondary N) is 1. The Bertz CT molecular complexity index is 628. The Kier molecular flexibility index (Phi) is 9.20. The van der Waals surface area contributed by atoms with Crippen molar-refractivity contribution in [3.05, 3.63) is 47.3 Å². The van der Waals surface area contributed by atoms with Crippen LogP contribution < -0.4 is 5.32 Å². The topological polar surface area (TPSA) is 81.7 Å². The number of amides is 1. The zero-order chi connectivity index (χ0) is 19.6. The standard InChI is InChI=1S/C19H27NO5/c1-8-11-13(4)14(5)17(22)19(12-21,20-18(23)25-10-3)15(6)16(9-2)24-7/h8-9,11-12H,2,10H2,1,3-7H3,(H,20,23)/b11-8-,14-13+,16-15-. The van der Waals surface area contributed by atoms with Gasteiger partial charge in [-0.1, -0.05) is 18.7 Å². The van der Waals surface area contributed by atoms with Gasteiger partial charge in [0.05, 0.1) is 13.7 Å². The molecule has 0 saturated heterocycles. The zero-order valence-corrected chi connectivity index (χ0v) is 15.8. The fourth-order valence-electron chi connectivity index (χ4n) is 2.25. The van der Waals surface area contributed by atoms with Gasteiger partial charge in [0.2, 0.25) is 0 Å². The summed E-state index contributed by atoms with van der Waals surface area (Å²) in [6, 6.07) is 0. The average molecular weight is 349 g/mol. The van der Waals surface area contributed by atoms with Crippen molar-refractivity contribution in [2.24, 2.45) is 0 Å². The minimum absolute atomic E-state index is 0.0999. The third-order valence-corrected chi connectivity index (χ3v) is 3.82. The molecule has 0 fully saturated rings.